The monoisotopic (exact) mass is 487 g/mol. The van der Waals surface area contributed by atoms with E-state index in [1.165, 1.54) is 48.5 Å². The molecule has 1 saturated carbocycles. The third kappa shape index (κ3) is 4.24. The van der Waals surface area contributed by atoms with E-state index >= 15 is 0 Å². The number of piperidine rings is 1. The number of hydrogen-bond acceptors (Lipinski definition) is 6. The SMILES string of the molecule is NC(=O)C1([S+](=O)(O)c2ccc(OC(=O)c3ccc(C(=O)O)cc3)cc2)CCC2(CCNCC2)C1. The summed E-state index contributed by atoms with van der Waals surface area (Å²) in [5.74, 6) is -2.44. The lowest BCUT2D eigenvalue weighted by Crippen LogP contribution is -2.52. The first-order valence-corrected chi connectivity index (χ1v) is 12.5. The molecule has 0 aromatic heterocycles. The van der Waals surface area contributed by atoms with Crippen molar-refractivity contribution in [3.05, 3.63) is 59.7 Å². The summed E-state index contributed by atoms with van der Waals surface area (Å²) >= 11 is 0. The Morgan fingerprint density at radius 1 is 0.912 bits per heavy atom. The van der Waals surface area contributed by atoms with E-state index in [1.54, 1.807) is 0 Å². The van der Waals surface area contributed by atoms with Gasteiger partial charge in [-0.15, -0.1) is 0 Å². The first-order chi connectivity index (χ1) is 16.1. The van der Waals surface area contributed by atoms with Gasteiger partial charge in [0.15, 0.2) is 4.90 Å². The van der Waals surface area contributed by atoms with Gasteiger partial charge in [-0.25, -0.2) is 9.59 Å². The Labute approximate surface area is 197 Å². The summed E-state index contributed by atoms with van der Waals surface area (Å²) in [6, 6.07) is 10.8. The summed E-state index contributed by atoms with van der Waals surface area (Å²) in [5, 5.41) is 12.2. The van der Waals surface area contributed by atoms with Gasteiger partial charge in [-0.3, -0.25) is 4.79 Å². The first-order valence-electron chi connectivity index (χ1n) is 11.0. The van der Waals surface area contributed by atoms with Gasteiger partial charge in [0, 0.05) is 12.8 Å². The van der Waals surface area contributed by atoms with Crippen LogP contribution in [0.2, 0.25) is 0 Å². The van der Waals surface area contributed by atoms with Crippen LogP contribution < -0.4 is 15.8 Å². The van der Waals surface area contributed by atoms with Gasteiger partial charge >= 0.3 is 11.9 Å². The highest BCUT2D eigenvalue weighted by Crippen LogP contribution is 2.55. The molecule has 2 aliphatic rings. The average Bonchev–Trinajstić information content (AvgIpc) is 3.20. The number of nitrogens with two attached hydrogens (primary N) is 1. The van der Waals surface area contributed by atoms with Crippen LogP contribution in [0, 0.1) is 5.41 Å². The zero-order chi connectivity index (χ0) is 24.6. The van der Waals surface area contributed by atoms with Crippen LogP contribution in [0.3, 0.4) is 0 Å². The zero-order valence-electron chi connectivity index (χ0n) is 18.5. The Hall–Kier alpha value is -3.08. The van der Waals surface area contributed by atoms with Crippen molar-refractivity contribution in [2.45, 2.75) is 41.7 Å². The third-order valence-electron chi connectivity index (χ3n) is 7.08. The number of primary amides is 1. The van der Waals surface area contributed by atoms with E-state index in [-0.39, 0.29) is 40.0 Å². The molecule has 4 rings (SSSR count). The fourth-order valence-corrected chi connectivity index (χ4v) is 7.16. The second kappa shape index (κ2) is 8.94. The number of hydrogen-bond donors (Lipinski definition) is 4. The molecule has 5 N–H and O–H groups in total. The lowest BCUT2D eigenvalue weighted by atomic mass is 9.77. The van der Waals surface area contributed by atoms with Gasteiger partial charge in [0.05, 0.1) is 11.1 Å². The van der Waals surface area contributed by atoms with Crippen LogP contribution >= 0.6 is 0 Å². The molecule has 1 heterocycles. The minimum absolute atomic E-state index is 0.0418. The van der Waals surface area contributed by atoms with Crippen molar-refractivity contribution in [3.63, 3.8) is 0 Å². The lowest BCUT2D eigenvalue weighted by molar-refractivity contribution is -0.120. The van der Waals surface area contributed by atoms with Gasteiger partial charge in [0.2, 0.25) is 4.75 Å². The molecule has 1 aliphatic carbocycles. The van der Waals surface area contributed by atoms with E-state index in [1.807, 2.05) is 0 Å². The van der Waals surface area contributed by atoms with Crippen LogP contribution in [0.1, 0.15) is 52.8 Å². The van der Waals surface area contributed by atoms with E-state index in [0.29, 0.717) is 6.42 Å². The molecule has 1 aliphatic heterocycles. The van der Waals surface area contributed by atoms with Crippen molar-refractivity contribution in [2.75, 3.05) is 13.1 Å². The smallest absolute Gasteiger partial charge is 0.343 e. The number of nitrogens with one attached hydrogen (secondary N) is 1. The minimum Gasteiger partial charge on any atom is -0.478 e. The lowest BCUT2D eigenvalue weighted by Gasteiger charge is -2.34. The third-order valence-corrected chi connectivity index (χ3v) is 9.60. The van der Waals surface area contributed by atoms with Crippen molar-refractivity contribution in [3.8, 4) is 5.75 Å². The number of ether oxygens (including phenoxy) is 1. The highest BCUT2D eigenvalue weighted by molar-refractivity contribution is 7.99. The highest BCUT2D eigenvalue weighted by Gasteiger charge is 2.67. The fraction of sp³-hybridized carbons (Fsp3) is 0.375. The number of aromatic carboxylic acids is 1. The van der Waals surface area contributed by atoms with Crippen LogP contribution in [0.5, 0.6) is 5.75 Å². The summed E-state index contributed by atoms with van der Waals surface area (Å²) in [7, 11) is -3.83. The summed E-state index contributed by atoms with van der Waals surface area (Å²) in [6.07, 6.45) is 2.86. The molecule has 0 radical (unpaired) electrons. The minimum atomic E-state index is -3.83. The van der Waals surface area contributed by atoms with E-state index in [0.717, 1.165) is 25.9 Å². The Bertz CT molecular complexity index is 1160. The number of carboxylic acid groups (broad SMARTS) is 1. The molecular formula is C24H27N2O7S+. The van der Waals surface area contributed by atoms with Crippen molar-refractivity contribution >= 4 is 28.1 Å². The van der Waals surface area contributed by atoms with Gasteiger partial charge < -0.3 is 20.9 Å². The summed E-state index contributed by atoms with van der Waals surface area (Å²) in [6.45, 7) is 1.61. The molecule has 1 amide bonds. The number of carbonyl (C=O) groups is 3. The zero-order valence-corrected chi connectivity index (χ0v) is 19.3. The molecule has 0 bridgehead atoms. The maximum absolute atomic E-state index is 13.7. The fourth-order valence-electron chi connectivity index (χ4n) is 5.05. The number of carbonyl (C=O) groups excluding carboxylic acids is 2. The molecule has 1 spiro atoms. The highest BCUT2D eigenvalue weighted by atomic mass is 32.3. The molecule has 2 aromatic carbocycles. The van der Waals surface area contributed by atoms with Crippen LogP contribution in [-0.4, -0.2) is 45.3 Å². The number of benzene rings is 2. The molecule has 2 aromatic rings. The largest absolute Gasteiger partial charge is 0.478 e. The van der Waals surface area contributed by atoms with Crippen molar-refractivity contribution in [2.24, 2.45) is 11.1 Å². The Morgan fingerprint density at radius 3 is 2.06 bits per heavy atom. The van der Waals surface area contributed by atoms with E-state index in [4.69, 9.17) is 15.6 Å². The number of amides is 1. The normalized spacial score (nSPS) is 23.2. The molecule has 1 saturated heterocycles. The Balaban J connectivity index is 1.52. The number of carboxylic acids is 1. The molecule has 2 unspecified atom stereocenters. The molecule has 2 fully saturated rings. The van der Waals surface area contributed by atoms with Gasteiger partial charge in [-0.2, -0.15) is 4.55 Å². The summed E-state index contributed by atoms with van der Waals surface area (Å²) in [5.41, 5.74) is 5.77. The standard InChI is InChI=1S/C24H26N2O7S/c25-22(30)24(10-9-23(15-24)11-13-26-14-12-23)34(31,32)19-7-5-18(6-8-19)33-21(29)17-3-1-16(2-4-17)20(27)28/h1-8,26H,9-15H2,(H3-,25,27,28,30,31,32)/p+1. The molecular weight excluding hydrogens is 460 g/mol. The second-order valence-corrected chi connectivity index (χ2v) is 11.4. The van der Waals surface area contributed by atoms with Crippen LogP contribution in [0.15, 0.2) is 53.4 Å². The predicted molar refractivity (Wildman–Crippen MR) is 124 cm³/mol. The average molecular weight is 488 g/mol. The number of esters is 1. The van der Waals surface area contributed by atoms with Crippen LogP contribution in [-0.2, 0) is 19.2 Å². The maximum Gasteiger partial charge on any atom is 0.343 e. The quantitative estimate of drug-likeness (QED) is 0.275. The van der Waals surface area contributed by atoms with E-state index < -0.39 is 32.8 Å². The van der Waals surface area contributed by atoms with Crippen molar-refractivity contribution < 1.29 is 33.0 Å². The topological polar surface area (TPSA) is 156 Å². The first kappa shape index (κ1) is 24.1. The number of rotatable bonds is 6. The van der Waals surface area contributed by atoms with Crippen molar-refractivity contribution in [1.82, 2.24) is 5.32 Å². The summed E-state index contributed by atoms with van der Waals surface area (Å²) < 4.78 is 28.7. The van der Waals surface area contributed by atoms with Crippen LogP contribution in [0.25, 0.3) is 0 Å². The molecule has 10 heteroatoms. The van der Waals surface area contributed by atoms with Gasteiger partial charge in [-0.1, -0.05) is 4.21 Å². The van der Waals surface area contributed by atoms with Gasteiger partial charge in [-0.05, 0) is 86.3 Å². The molecule has 2 atom stereocenters. The van der Waals surface area contributed by atoms with Crippen molar-refractivity contribution in [1.29, 1.82) is 0 Å². The molecule has 9 nitrogen and oxygen atoms in total. The molecule has 180 valence electrons. The Kier molecular flexibility index (Phi) is 6.32. The predicted octanol–water partition coefficient (Wildman–Crippen LogP) is 2.71. The second-order valence-electron chi connectivity index (χ2n) is 9.05. The Morgan fingerprint density at radius 2 is 1.50 bits per heavy atom. The maximum atomic E-state index is 13.7. The van der Waals surface area contributed by atoms with Gasteiger partial charge in [0.25, 0.3) is 16.1 Å². The van der Waals surface area contributed by atoms with Gasteiger partial charge in [0.1, 0.15) is 5.75 Å². The summed E-state index contributed by atoms with van der Waals surface area (Å²) in [4.78, 5) is 35.9. The van der Waals surface area contributed by atoms with E-state index in [2.05, 4.69) is 5.32 Å². The van der Waals surface area contributed by atoms with E-state index in [9.17, 15) is 23.1 Å². The van der Waals surface area contributed by atoms with Crippen LogP contribution in [0.4, 0.5) is 0 Å². The molecule has 34 heavy (non-hydrogen) atoms.